The Kier molecular flexibility index (Phi) is 5.71. The SMILES string of the molecule is COc1cc2[nH]nc(-c3cnc(N4CC(C)(N)C4)nc3)c2cc1O[C@H](C)c1c(Cl)cncc1Cl. The van der Waals surface area contributed by atoms with Crippen molar-refractivity contribution in [3.05, 3.63) is 52.5 Å². The van der Waals surface area contributed by atoms with Crippen LogP contribution in [0.1, 0.15) is 25.5 Å². The molecule has 3 N–H and O–H groups in total. The maximum Gasteiger partial charge on any atom is 0.225 e. The molecule has 0 spiro atoms. The highest BCUT2D eigenvalue weighted by molar-refractivity contribution is 6.35. The van der Waals surface area contributed by atoms with Gasteiger partial charge < -0.3 is 20.1 Å². The highest BCUT2D eigenvalue weighted by Crippen LogP contribution is 2.40. The highest BCUT2D eigenvalue weighted by atomic mass is 35.5. The second kappa shape index (κ2) is 8.57. The number of pyridine rings is 1. The number of H-pyrrole nitrogens is 1. The normalized spacial score (nSPS) is 15.8. The average Bonchev–Trinajstić information content (AvgIpc) is 3.19. The van der Waals surface area contributed by atoms with E-state index >= 15 is 0 Å². The van der Waals surface area contributed by atoms with Crippen molar-refractivity contribution in [3.8, 4) is 22.8 Å². The van der Waals surface area contributed by atoms with Gasteiger partial charge in [-0.25, -0.2) is 9.97 Å². The van der Waals surface area contributed by atoms with Gasteiger partial charge in [0.1, 0.15) is 11.8 Å². The van der Waals surface area contributed by atoms with Crippen molar-refractivity contribution in [2.24, 2.45) is 5.73 Å². The lowest BCUT2D eigenvalue weighted by Crippen LogP contribution is -2.66. The van der Waals surface area contributed by atoms with Crippen LogP contribution in [0.2, 0.25) is 10.0 Å². The van der Waals surface area contributed by atoms with Gasteiger partial charge in [0.2, 0.25) is 5.95 Å². The summed E-state index contributed by atoms with van der Waals surface area (Å²) in [4.78, 5) is 15.1. The van der Waals surface area contributed by atoms with Crippen LogP contribution in [-0.4, -0.2) is 50.9 Å². The number of hydrogen-bond donors (Lipinski definition) is 2. The molecular weight excluding hydrogens is 477 g/mol. The number of aromatic amines is 1. The summed E-state index contributed by atoms with van der Waals surface area (Å²) in [5.74, 6) is 1.72. The van der Waals surface area contributed by atoms with Gasteiger partial charge in [-0.3, -0.25) is 10.1 Å². The molecule has 5 rings (SSSR count). The molecule has 3 aromatic heterocycles. The van der Waals surface area contributed by atoms with Gasteiger partial charge in [0, 0.05) is 66.0 Å². The number of halogens is 2. The molecule has 1 aliphatic rings. The van der Waals surface area contributed by atoms with Crippen molar-refractivity contribution >= 4 is 40.1 Å². The molecule has 1 saturated heterocycles. The first-order valence-electron chi connectivity index (χ1n) is 10.6. The molecule has 1 atom stereocenters. The predicted molar refractivity (Wildman–Crippen MR) is 132 cm³/mol. The van der Waals surface area contributed by atoms with E-state index in [4.69, 9.17) is 38.4 Å². The summed E-state index contributed by atoms with van der Waals surface area (Å²) in [6.07, 6.45) is 6.14. The second-order valence-electron chi connectivity index (χ2n) is 8.68. The molecule has 4 heterocycles. The van der Waals surface area contributed by atoms with E-state index in [1.807, 2.05) is 30.9 Å². The molecule has 0 aliphatic carbocycles. The summed E-state index contributed by atoms with van der Waals surface area (Å²) in [5.41, 5.74) is 8.81. The summed E-state index contributed by atoms with van der Waals surface area (Å²) in [5, 5.41) is 9.22. The fraction of sp³-hybridized carbons (Fsp3) is 0.304. The van der Waals surface area contributed by atoms with Gasteiger partial charge in [-0.15, -0.1) is 0 Å². The molecule has 0 unspecified atom stereocenters. The van der Waals surface area contributed by atoms with Crippen LogP contribution in [0.15, 0.2) is 36.9 Å². The zero-order valence-corrected chi connectivity index (χ0v) is 20.4. The van der Waals surface area contributed by atoms with Crippen LogP contribution in [0.3, 0.4) is 0 Å². The van der Waals surface area contributed by atoms with E-state index in [1.165, 1.54) is 12.4 Å². The Morgan fingerprint density at radius 3 is 2.38 bits per heavy atom. The minimum absolute atomic E-state index is 0.197. The van der Waals surface area contributed by atoms with Crippen LogP contribution < -0.4 is 20.1 Å². The van der Waals surface area contributed by atoms with E-state index in [9.17, 15) is 0 Å². The second-order valence-corrected chi connectivity index (χ2v) is 9.49. The summed E-state index contributed by atoms with van der Waals surface area (Å²) < 4.78 is 11.8. The molecule has 1 aromatic carbocycles. The minimum atomic E-state index is -0.447. The average molecular weight is 500 g/mol. The van der Waals surface area contributed by atoms with Gasteiger partial charge in [0.05, 0.1) is 22.7 Å². The summed E-state index contributed by atoms with van der Waals surface area (Å²) in [6.45, 7) is 5.32. The molecule has 0 radical (unpaired) electrons. The molecule has 4 aromatic rings. The minimum Gasteiger partial charge on any atom is -0.493 e. The number of hydrogen-bond acceptors (Lipinski definition) is 8. The number of methoxy groups -OCH3 is 1. The van der Waals surface area contributed by atoms with E-state index in [1.54, 1.807) is 19.5 Å². The van der Waals surface area contributed by atoms with E-state index in [2.05, 4.69) is 25.1 Å². The third-order valence-electron chi connectivity index (χ3n) is 5.75. The van der Waals surface area contributed by atoms with Crippen molar-refractivity contribution < 1.29 is 9.47 Å². The Bertz CT molecular complexity index is 1330. The third kappa shape index (κ3) is 4.11. The number of rotatable bonds is 6. The molecule has 1 fully saturated rings. The summed E-state index contributed by atoms with van der Waals surface area (Å²) in [6, 6.07) is 3.71. The maximum atomic E-state index is 6.31. The maximum absolute atomic E-state index is 6.31. The Hall–Kier alpha value is -3.14. The van der Waals surface area contributed by atoms with Gasteiger partial charge in [0.25, 0.3) is 0 Å². The van der Waals surface area contributed by atoms with Crippen molar-refractivity contribution in [2.45, 2.75) is 25.5 Å². The molecule has 11 heteroatoms. The highest BCUT2D eigenvalue weighted by Gasteiger charge is 2.36. The fourth-order valence-corrected chi connectivity index (χ4v) is 4.80. The van der Waals surface area contributed by atoms with Crippen LogP contribution in [0, 0.1) is 0 Å². The van der Waals surface area contributed by atoms with Crippen LogP contribution in [0.25, 0.3) is 22.2 Å². The molecule has 176 valence electrons. The largest absolute Gasteiger partial charge is 0.493 e. The monoisotopic (exact) mass is 499 g/mol. The molecule has 1 aliphatic heterocycles. The first kappa shape index (κ1) is 22.6. The van der Waals surface area contributed by atoms with Crippen LogP contribution in [-0.2, 0) is 0 Å². The lowest BCUT2D eigenvalue weighted by Gasteiger charge is -2.45. The van der Waals surface area contributed by atoms with Crippen molar-refractivity contribution in [2.75, 3.05) is 25.1 Å². The van der Waals surface area contributed by atoms with Gasteiger partial charge in [-0.1, -0.05) is 23.2 Å². The molecule has 0 bridgehead atoms. The number of nitrogens with two attached hydrogens (primary N) is 1. The van der Waals surface area contributed by atoms with Crippen molar-refractivity contribution in [1.82, 2.24) is 25.1 Å². The number of aromatic nitrogens is 5. The van der Waals surface area contributed by atoms with Crippen LogP contribution >= 0.6 is 23.2 Å². The van der Waals surface area contributed by atoms with Crippen molar-refractivity contribution in [1.29, 1.82) is 0 Å². The summed E-state index contributed by atoms with van der Waals surface area (Å²) in [7, 11) is 1.58. The zero-order valence-electron chi connectivity index (χ0n) is 18.8. The topological polar surface area (TPSA) is 115 Å². The van der Waals surface area contributed by atoms with Gasteiger partial charge >= 0.3 is 0 Å². The number of anilines is 1. The predicted octanol–water partition coefficient (Wildman–Crippen LogP) is 4.41. The lowest BCUT2D eigenvalue weighted by molar-refractivity contribution is 0.216. The number of benzene rings is 1. The zero-order chi connectivity index (χ0) is 24.0. The molecule has 0 saturated carbocycles. The fourth-order valence-electron chi connectivity index (χ4n) is 4.13. The number of nitrogens with zero attached hydrogens (tertiary/aromatic N) is 5. The smallest absolute Gasteiger partial charge is 0.225 e. The van der Waals surface area contributed by atoms with E-state index in [0.717, 1.165) is 29.6 Å². The van der Waals surface area contributed by atoms with E-state index < -0.39 is 6.10 Å². The van der Waals surface area contributed by atoms with Crippen LogP contribution in [0.5, 0.6) is 11.5 Å². The number of ether oxygens (including phenoxy) is 2. The van der Waals surface area contributed by atoms with Gasteiger partial charge in [-0.05, 0) is 19.9 Å². The van der Waals surface area contributed by atoms with Gasteiger partial charge in [0.15, 0.2) is 11.5 Å². The molecular formula is C23H23Cl2N7O2. The Morgan fingerprint density at radius 2 is 1.76 bits per heavy atom. The van der Waals surface area contributed by atoms with E-state index in [-0.39, 0.29) is 5.54 Å². The Morgan fingerprint density at radius 1 is 1.09 bits per heavy atom. The first-order valence-corrected chi connectivity index (χ1v) is 11.4. The quantitative estimate of drug-likeness (QED) is 0.400. The Balaban J connectivity index is 1.47. The van der Waals surface area contributed by atoms with Gasteiger partial charge in [-0.2, -0.15) is 5.10 Å². The Labute approximate surface area is 206 Å². The third-order valence-corrected chi connectivity index (χ3v) is 6.35. The molecule has 34 heavy (non-hydrogen) atoms. The first-order chi connectivity index (χ1) is 16.3. The number of fused-ring (bicyclic) bond motifs is 1. The molecule has 0 amide bonds. The summed E-state index contributed by atoms with van der Waals surface area (Å²) >= 11 is 12.6. The van der Waals surface area contributed by atoms with Crippen LogP contribution in [0.4, 0.5) is 5.95 Å². The van der Waals surface area contributed by atoms with E-state index in [0.29, 0.717) is 38.8 Å². The lowest BCUT2D eigenvalue weighted by atomic mass is 9.94. The standard InChI is InChI=1S/C23H23Cl2N7O2/c1-12(20-15(24)8-27-9-16(20)25)34-19-4-14-17(5-18(19)33-3)30-31-21(14)13-6-28-22(29-7-13)32-10-23(2,26)11-32/h4-9,12H,10-11,26H2,1-3H3,(H,30,31)/t12-/m1/s1. The number of nitrogens with one attached hydrogen (secondary N) is 1. The molecule has 9 nitrogen and oxygen atoms in total. The van der Waals surface area contributed by atoms with Crippen molar-refractivity contribution in [3.63, 3.8) is 0 Å².